The molecule has 2 aromatic rings. The summed E-state index contributed by atoms with van der Waals surface area (Å²) in [5, 5.41) is 20.6. The number of aliphatic carboxylic acids is 1. The number of likely N-dealkylation sites (tertiary alicyclic amines) is 1. The molecule has 0 amide bonds. The number of piperidine rings is 1. The zero-order chi connectivity index (χ0) is 19.3. The van der Waals surface area contributed by atoms with Crippen LogP contribution in [0, 0.1) is 15.5 Å². The molecule has 0 saturated carbocycles. The summed E-state index contributed by atoms with van der Waals surface area (Å²) in [6.07, 6.45) is 2.68. The molecule has 0 unspecified atom stereocenters. The molecule has 0 atom stereocenters. The Bertz CT molecular complexity index is 782. The molecule has 0 aliphatic carbocycles. The van der Waals surface area contributed by atoms with E-state index < -0.39 is 16.3 Å². The molecule has 6 nitrogen and oxygen atoms in total. The maximum Gasteiger partial charge on any atom is 0.309 e. The van der Waals surface area contributed by atoms with E-state index in [1.54, 1.807) is 12.1 Å². The lowest BCUT2D eigenvalue weighted by atomic mass is 9.74. The van der Waals surface area contributed by atoms with Gasteiger partial charge in [-0.05, 0) is 49.9 Å². The lowest BCUT2D eigenvalue weighted by Crippen LogP contribution is -2.44. The minimum atomic E-state index is -0.701. The molecule has 1 saturated heterocycles. The second-order valence-electron chi connectivity index (χ2n) is 7.27. The molecular weight excluding hydrogens is 344 g/mol. The standard InChI is InChI=1S/C21H24N2O4/c24-20(25)21(11-10-17-4-2-1-3-5-17)12-14-22(15-13-21)16-18-6-8-19(9-7-18)23(26)27/h1-9H,10-16H2,(H,24,25). The van der Waals surface area contributed by atoms with Crippen molar-refractivity contribution < 1.29 is 14.8 Å². The summed E-state index contributed by atoms with van der Waals surface area (Å²) in [6.45, 7) is 2.13. The van der Waals surface area contributed by atoms with Gasteiger partial charge in [-0.3, -0.25) is 19.8 Å². The van der Waals surface area contributed by atoms with Gasteiger partial charge >= 0.3 is 5.97 Å². The van der Waals surface area contributed by atoms with Crippen molar-refractivity contribution in [1.82, 2.24) is 4.90 Å². The highest BCUT2D eigenvalue weighted by Crippen LogP contribution is 2.37. The third kappa shape index (κ3) is 4.71. The summed E-state index contributed by atoms with van der Waals surface area (Å²) in [4.78, 5) is 24.5. The second-order valence-corrected chi connectivity index (χ2v) is 7.27. The molecule has 3 rings (SSSR count). The third-order valence-electron chi connectivity index (χ3n) is 5.56. The fraction of sp³-hybridized carbons (Fsp3) is 0.381. The fourth-order valence-corrected chi connectivity index (χ4v) is 3.72. The highest BCUT2D eigenvalue weighted by molar-refractivity contribution is 5.74. The Morgan fingerprint density at radius 3 is 2.22 bits per heavy atom. The van der Waals surface area contributed by atoms with Crippen LogP contribution in [0.2, 0.25) is 0 Å². The van der Waals surface area contributed by atoms with Crippen LogP contribution in [0.25, 0.3) is 0 Å². The molecule has 1 aliphatic heterocycles. The Hall–Kier alpha value is -2.73. The topological polar surface area (TPSA) is 83.7 Å². The van der Waals surface area contributed by atoms with E-state index in [0.717, 1.165) is 25.1 Å². The Kier molecular flexibility index (Phi) is 5.86. The van der Waals surface area contributed by atoms with Gasteiger partial charge in [0.2, 0.25) is 0 Å². The maximum absolute atomic E-state index is 12.0. The first-order valence-corrected chi connectivity index (χ1v) is 9.21. The summed E-state index contributed by atoms with van der Waals surface area (Å²) in [5.74, 6) is -0.701. The van der Waals surface area contributed by atoms with Crippen molar-refractivity contribution in [2.75, 3.05) is 13.1 Å². The molecule has 0 aromatic heterocycles. The van der Waals surface area contributed by atoms with Gasteiger partial charge < -0.3 is 5.11 Å². The van der Waals surface area contributed by atoms with Crippen molar-refractivity contribution in [2.24, 2.45) is 5.41 Å². The predicted octanol–water partition coefficient (Wildman–Crippen LogP) is 3.89. The molecule has 6 heteroatoms. The number of hydrogen-bond donors (Lipinski definition) is 1. The van der Waals surface area contributed by atoms with Crippen molar-refractivity contribution in [3.63, 3.8) is 0 Å². The van der Waals surface area contributed by atoms with Gasteiger partial charge in [0.25, 0.3) is 5.69 Å². The molecule has 1 heterocycles. The van der Waals surface area contributed by atoms with Gasteiger partial charge in [0.15, 0.2) is 0 Å². The van der Waals surface area contributed by atoms with Gasteiger partial charge in [-0.2, -0.15) is 0 Å². The van der Waals surface area contributed by atoms with Crippen molar-refractivity contribution in [3.05, 3.63) is 75.8 Å². The number of carboxylic acids is 1. The zero-order valence-electron chi connectivity index (χ0n) is 15.2. The normalized spacial score (nSPS) is 16.7. The van der Waals surface area contributed by atoms with Crippen LogP contribution in [0.3, 0.4) is 0 Å². The van der Waals surface area contributed by atoms with Crippen LogP contribution in [0.4, 0.5) is 5.69 Å². The SMILES string of the molecule is O=C(O)C1(CCc2ccccc2)CCN(Cc2ccc([N+](=O)[O-])cc2)CC1. The van der Waals surface area contributed by atoms with Gasteiger partial charge in [0, 0.05) is 18.7 Å². The minimum absolute atomic E-state index is 0.0863. The highest BCUT2D eigenvalue weighted by atomic mass is 16.6. The van der Waals surface area contributed by atoms with E-state index in [-0.39, 0.29) is 5.69 Å². The lowest BCUT2D eigenvalue weighted by Gasteiger charge is -2.39. The summed E-state index contributed by atoms with van der Waals surface area (Å²) in [5.41, 5.74) is 1.60. The Balaban J connectivity index is 1.57. The molecule has 27 heavy (non-hydrogen) atoms. The number of nitro benzene ring substituents is 1. The second kappa shape index (κ2) is 8.31. The number of nitro groups is 1. The molecular formula is C21H24N2O4. The van der Waals surface area contributed by atoms with Gasteiger partial charge in [-0.1, -0.05) is 42.5 Å². The number of carboxylic acid groups (broad SMARTS) is 1. The van der Waals surface area contributed by atoms with E-state index in [2.05, 4.69) is 4.90 Å². The van der Waals surface area contributed by atoms with Gasteiger partial charge in [-0.25, -0.2) is 0 Å². The van der Waals surface area contributed by atoms with Crippen LogP contribution in [0.5, 0.6) is 0 Å². The molecule has 1 fully saturated rings. The van der Waals surface area contributed by atoms with Crippen LogP contribution in [0.15, 0.2) is 54.6 Å². The van der Waals surface area contributed by atoms with Gasteiger partial charge in [0.1, 0.15) is 0 Å². The number of hydrogen-bond acceptors (Lipinski definition) is 4. The van der Waals surface area contributed by atoms with Crippen LogP contribution in [-0.2, 0) is 17.8 Å². The lowest BCUT2D eigenvalue weighted by molar-refractivity contribution is -0.384. The summed E-state index contributed by atoms with van der Waals surface area (Å²) in [7, 11) is 0. The van der Waals surface area contributed by atoms with E-state index in [1.165, 1.54) is 17.7 Å². The van der Waals surface area contributed by atoms with E-state index in [0.29, 0.717) is 25.8 Å². The maximum atomic E-state index is 12.0. The average molecular weight is 368 g/mol. The van der Waals surface area contributed by atoms with Crippen LogP contribution < -0.4 is 0 Å². The third-order valence-corrected chi connectivity index (χ3v) is 5.56. The van der Waals surface area contributed by atoms with Crippen LogP contribution in [-0.4, -0.2) is 34.0 Å². The zero-order valence-corrected chi connectivity index (χ0v) is 15.2. The minimum Gasteiger partial charge on any atom is -0.481 e. The number of benzene rings is 2. The van der Waals surface area contributed by atoms with E-state index in [9.17, 15) is 20.0 Å². The number of carbonyl (C=O) groups is 1. The van der Waals surface area contributed by atoms with E-state index >= 15 is 0 Å². The largest absolute Gasteiger partial charge is 0.481 e. The van der Waals surface area contributed by atoms with Crippen molar-refractivity contribution in [2.45, 2.75) is 32.2 Å². The number of aryl methyl sites for hydroxylation is 1. The number of non-ortho nitro benzene ring substituents is 1. The molecule has 0 bridgehead atoms. The van der Waals surface area contributed by atoms with Gasteiger partial charge in [-0.15, -0.1) is 0 Å². The number of nitrogens with zero attached hydrogens (tertiary/aromatic N) is 2. The quantitative estimate of drug-likeness (QED) is 0.592. The van der Waals surface area contributed by atoms with Crippen LogP contribution >= 0.6 is 0 Å². The highest BCUT2D eigenvalue weighted by Gasteiger charge is 2.40. The molecule has 142 valence electrons. The first-order chi connectivity index (χ1) is 13.0. The summed E-state index contributed by atoms with van der Waals surface area (Å²) in [6, 6.07) is 16.6. The van der Waals surface area contributed by atoms with Crippen molar-refractivity contribution in [3.8, 4) is 0 Å². The average Bonchev–Trinajstić information content (AvgIpc) is 2.69. The summed E-state index contributed by atoms with van der Waals surface area (Å²) < 4.78 is 0. The molecule has 0 spiro atoms. The summed E-state index contributed by atoms with van der Waals surface area (Å²) >= 11 is 0. The van der Waals surface area contributed by atoms with Gasteiger partial charge in [0.05, 0.1) is 10.3 Å². The Labute approximate surface area is 158 Å². The smallest absolute Gasteiger partial charge is 0.309 e. The molecule has 1 N–H and O–H groups in total. The van der Waals surface area contributed by atoms with Crippen molar-refractivity contribution >= 4 is 11.7 Å². The first-order valence-electron chi connectivity index (χ1n) is 9.21. The van der Waals surface area contributed by atoms with Crippen LogP contribution in [0.1, 0.15) is 30.4 Å². The molecule has 2 aromatic carbocycles. The van der Waals surface area contributed by atoms with E-state index in [1.807, 2.05) is 30.3 Å². The Morgan fingerprint density at radius 2 is 1.67 bits per heavy atom. The fourth-order valence-electron chi connectivity index (χ4n) is 3.72. The van der Waals surface area contributed by atoms with E-state index in [4.69, 9.17) is 0 Å². The molecule has 0 radical (unpaired) electrons. The Morgan fingerprint density at radius 1 is 1.04 bits per heavy atom. The first kappa shape index (κ1) is 19.0. The number of rotatable bonds is 7. The monoisotopic (exact) mass is 368 g/mol. The predicted molar refractivity (Wildman–Crippen MR) is 102 cm³/mol. The molecule has 1 aliphatic rings. The van der Waals surface area contributed by atoms with Crippen molar-refractivity contribution in [1.29, 1.82) is 0 Å².